The molecule has 2 N–H and O–H groups in total. The Morgan fingerprint density at radius 1 is 1.33 bits per heavy atom. The lowest BCUT2D eigenvalue weighted by atomic mass is 10.1. The molecule has 0 unspecified atom stereocenters. The third kappa shape index (κ3) is 2.22. The summed E-state index contributed by atoms with van der Waals surface area (Å²) < 4.78 is 0. The zero-order valence-electron chi connectivity index (χ0n) is 6.70. The van der Waals surface area contributed by atoms with Crippen LogP contribution < -0.4 is 5.73 Å². The summed E-state index contributed by atoms with van der Waals surface area (Å²) in [6.45, 7) is 0.558. The van der Waals surface area contributed by atoms with Crippen molar-refractivity contribution in [3.63, 3.8) is 0 Å². The molecule has 1 rings (SSSR count). The monoisotopic (exact) mass is 158 g/mol. The van der Waals surface area contributed by atoms with Crippen LogP contribution in [0.2, 0.25) is 0 Å². The first kappa shape index (κ1) is 8.51. The highest BCUT2D eigenvalue weighted by Gasteiger charge is 1.87. The van der Waals surface area contributed by atoms with Crippen LogP contribution in [0.3, 0.4) is 0 Å². The number of nitriles is 1. The fourth-order valence-electron chi connectivity index (χ4n) is 0.898. The summed E-state index contributed by atoms with van der Waals surface area (Å²) in [5, 5.41) is 8.27. The zero-order valence-corrected chi connectivity index (χ0v) is 6.70. The van der Waals surface area contributed by atoms with Gasteiger partial charge in [-0.15, -0.1) is 0 Å². The van der Waals surface area contributed by atoms with Gasteiger partial charge in [-0.3, -0.25) is 0 Å². The van der Waals surface area contributed by atoms with E-state index in [-0.39, 0.29) is 0 Å². The molecular weight excluding hydrogens is 148 g/mol. The first-order valence-electron chi connectivity index (χ1n) is 3.72. The van der Waals surface area contributed by atoms with Gasteiger partial charge in [-0.2, -0.15) is 5.26 Å². The van der Waals surface area contributed by atoms with Crippen LogP contribution in [0.1, 0.15) is 11.1 Å². The van der Waals surface area contributed by atoms with E-state index in [9.17, 15) is 0 Å². The summed E-state index contributed by atoms with van der Waals surface area (Å²) in [5.74, 6) is 0. The van der Waals surface area contributed by atoms with Gasteiger partial charge in [0.05, 0.1) is 6.07 Å². The molecule has 0 heterocycles. The summed E-state index contributed by atoms with van der Waals surface area (Å²) in [4.78, 5) is 0. The minimum atomic E-state index is 0.558. The molecule has 0 spiro atoms. The molecule has 0 aliphatic carbocycles. The number of nitrogens with two attached hydrogens (primary N) is 1. The van der Waals surface area contributed by atoms with E-state index in [1.165, 1.54) is 6.08 Å². The van der Waals surface area contributed by atoms with E-state index in [2.05, 4.69) is 0 Å². The van der Waals surface area contributed by atoms with Crippen LogP contribution in [0.4, 0.5) is 0 Å². The molecule has 0 bridgehead atoms. The van der Waals surface area contributed by atoms with Crippen molar-refractivity contribution >= 4 is 6.08 Å². The van der Waals surface area contributed by atoms with E-state index in [1.807, 2.05) is 30.3 Å². The van der Waals surface area contributed by atoms with E-state index < -0.39 is 0 Å². The van der Waals surface area contributed by atoms with Gasteiger partial charge < -0.3 is 5.73 Å². The molecule has 0 aliphatic heterocycles. The Kier molecular flexibility index (Phi) is 3.06. The number of hydrogen-bond donors (Lipinski definition) is 1. The second-order valence-electron chi connectivity index (χ2n) is 2.41. The first-order chi connectivity index (χ1) is 5.86. The molecule has 0 aliphatic rings. The molecule has 60 valence electrons. The Labute approximate surface area is 71.9 Å². The van der Waals surface area contributed by atoms with Crippen LogP contribution >= 0.6 is 0 Å². The normalized spacial score (nSPS) is 10.0. The third-order valence-electron chi connectivity index (χ3n) is 1.57. The Balaban J connectivity index is 2.79. The summed E-state index contributed by atoms with van der Waals surface area (Å²) in [6, 6.07) is 9.73. The SMILES string of the molecule is N#C/C=C/c1ccc(CN)cc1. The van der Waals surface area contributed by atoms with Gasteiger partial charge in [0.25, 0.3) is 0 Å². The molecule has 0 amide bonds. The molecule has 1 aromatic carbocycles. The smallest absolute Gasteiger partial charge is 0.0912 e. The van der Waals surface area contributed by atoms with Gasteiger partial charge in [-0.05, 0) is 17.2 Å². The molecule has 0 saturated heterocycles. The summed E-state index contributed by atoms with van der Waals surface area (Å²) in [5.41, 5.74) is 7.55. The first-order valence-corrected chi connectivity index (χ1v) is 3.72. The van der Waals surface area contributed by atoms with Crippen molar-refractivity contribution in [2.45, 2.75) is 6.54 Å². The average molecular weight is 158 g/mol. The Morgan fingerprint density at radius 2 is 2.00 bits per heavy atom. The molecule has 0 atom stereocenters. The van der Waals surface area contributed by atoms with Crippen molar-refractivity contribution in [3.8, 4) is 6.07 Å². The molecule has 2 nitrogen and oxygen atoms in total. The maximum Gasteiger partial charge on any atom is 0.0912 e. The molecule has 0 aromatic heterocycles. The van der Waals surface area contributed by atoms with Crippen LogP contribution in [0.5, 0.6) is 0 Å². The third-order valence-corrected chi connectivity index (χ3v) is 1.57. The highest BCUT2D eigenvalue weighted by molar-refractivity contribution is 5.51. The van der Waals surface area contributed by atoms with E-state index in [1.54, 1.807) is 6.08 Å². The largest absolute Gasteiger partial charge is 0.326 e. The molecule has 1 aromatic rings. The Bertz CT molecular complexity index is 304. The molecule has 2 heteroatoms. The quantitative estimate of drug-likeness (QED) is 0.666. The van der Waals surface area contributed by atoms with Gasteiger partial charge in [0.2, 0.25) is 0 Å². The van der Waals surface area contributed by atoms with E-state index in [0.717, 1.165) is 11.1 Å². The molecule has 0 radical (unpaired) electrons. The van der Waals surface area contributed by atoms with Gasteiger partial charge in [0.15, 0.2) is 0 Å². The standard InChI is InChI=1S/C10H10N2/c11-7-1-2-9-3-5-10(8-12)6-4-9/h1-6H,8,12H2/b2-1+. The summed E-state index contributed by atoms with van der Waals surface area (Å²) >= 11 is 0. The van der Waals surface area contributed by atoms with Gasteiger partial charge in [-0.25, -0.2) is 0 Å². The summed E-state index contributed by atoms with van der Waals surface area (Å²) in [7, 11) is 0. The van der Waals surface area contributed by atoms with Crippen LogP contribution in [-0.4, -0.2) is 0 Å². The van der Waals surface area contributed by atoms with Gasteiger partial charge in [-0.1, -0.05) is 24.3 Å². The minimum Gasteiger partial charge on any atom is -0.326 e. The van der Waals surface area contributed by atoms with E-state index >= 15 is 0 Å². The zero-order chi connectivity index (χ0) is 8.81. The van der Waals surface area contributed by atoms with E-state index in [4.69, 9.17) is 11.0 Å². The highest BCUT2D eigenvalue weighted by atomic mass is 14.5. The van der Waals surface area contributed by atoms with Gasteiger partial charge in [0.1, 0.15) is 0 Å². The topological polar surface area (TPSA) is 49.8 Å². The van der Waals surface area contributed by atoms with Crippen molar-refractivity contribution in [1.29, 1.82) is 5.26 Å². The average Bonchev–Trinajstić information content (AvgIpc) is 2.15. The van der Waals surface area contributed by atoms with Crippen LogP contribution in [0.25, 0.3) is 6.08 Å². The van der Waals surface area contributed by atoms with Crippen molar-refractivity contribution in [1.82, 2.24) is 0 Å². The number of nitrogens with zero attached hydrogens (tertiary/aromatic N) is 1. The lowest BCUT2D eigenvalue weighted by molar-refractivity contribution is 1.07. The lowest BCUT2D eigenvalue weighted by Gasteiger charge is -1.95. The highest BCUT2D eigenvalue weighted by Crippen LogP contribution is 2.04. The number of hydrogen-bond acceptors (Lipinski definition) is 2. The number of benzene rings is 1. The van der Waals surface area contributed by atoms with Gasteiger partial charge in [0, 0.05) is 12.6 Å². The van der Waals surface area contributed by atoms with Crippen LogP contribution in [0.15, 0.2) is 30.3 Å². The van der Waals surface area contributed by atoms with Gasteiger partial charge >= 0.3 is 0 Å². The maximum atomic E-state index is 8.27. The van der Waals surface area contributed by atoms with Crippen molar-refractivity contribution in [2.75, 3.05) is 0 Å². The van der Waals surface area contributed by atoms with Crippen molar-refractivity contribution in [2.24, 2.45) is 5.73 Å². The fourth-order valence-corrected chi connectivity index (χ4v) is 0.898. The van der Waals surface area contributed by atoms with Crippen LogP contribution in [-0.2, 0) is 6.54 Å². The molecule has 0 fully saturated rings. The second kappa shape index (κ2) is 4.32. The lowest BCUT2D eigenvalue weighted by Crippen LogP contribution is -1.94. The Morgan fingerprint density at radius 3 is 2.50 bits per heavy atom. The minimum absolute atomic E-state index is 0.558. The fraction of sp³-hybridized carbons (Fsp3) is 0.100. The molecular formula is C10H10N2. The van der Waals surface area contributed by atoms with Crippen LogP contribution in [0, 0.1) is 11.3 Å². The Hall–Kier alpha value is -1.59. The predicted octanol–water partition coefficient (Wildman–Crippen LogP) is 1.68. The number of allylic oxidation sites excluding steroid dienone is 1. The second-order valence-corrected chi connectivity index (χ2v) is 2.41. The predicted molar refractivity (Wildman–Crippen MR) is 49.0 cm³/mol. The maximum absolute atomic E-state index is 8.27. The van der Waals surface area contributed by atoms with Crippen molar-refractivity contribution in [3.05, 3.63) is 41.5 Å². The molecule has 0 saturated carbocycles. The van der Waals surface area contributed by atoms with E-state index in [0.29, 0.717) is 6.54 Å². The summed E-state index contributed by atoms with van der Waals surface area (Å²) in [6.07, 6.45) is 3.22. The number of rotatable bonds is 2. The van der Waals surface area contributed by atoms with Crippen molar-refractivity contribution < 1.29 is 0 Å². The molecule has 12 heavy (non-hydrogen) atoms.